The number of carbonyl (C=O) groups excluding carboxylic acids is 1. The SMILES string of the molecule is O=C(O)c1cccc(F)c1N1CC(CO)CC1=O. The molecule has 1 heterocycles. The number of benzene rings is 1. The van der Waals surface area contributed by atoms with Gasteiger partial charge in [0.05, 0.1) is 11.3 Å². The fraction of sp³-hybridized carbons (Fsp3) is 0.333. The quantitative estimate of drug-likeness (QED) is 0.837. The van der Waals surface area contributed by atoms with Crippen LogP contribution in [0.5, 0.6) is 0 Å². The Kier molecular flexibility index (Phi) is 3.29. The number of anilines is 1. The van der Waals surface area contributed by atoms with Gasteiger partial charge in [-0.1, -0.05) is 6.07 Å². The fourth-order valence-electron chi connectivity index (χ4n) is 2.08. The maximum atomic E-state index is 13.7. The van der Waals surface area contributed by atoms with Crippen molar-refractivity contribution >= 4 is 17.6 Å². The minimum Gasteiger partial charge on any atom is -0.478 e. The lowest BCUT2D eigenvalue weighted by Crippen LogP contribution is -2.28. The number of nitrogens with zero attached hydrogens (tertiary/aromatic N) is 1. The summed E-state index contributed by atoms with van der Waals surface area (Å²) in [5.74, 6) is -2.69. The molecule has 0 aromatic heterocycles. The Morgan fingerprint density at radius 3 is 2.78 bits per heavy atom. The average molecular weight is 253 g/mol. The van der Waals surface area contributed by atoms with Crippen molar-refractivity contribution in [2.45, 2.75) is 6.42 Å². The minimum atomic E-state index is -1.29. The second-order valence-electron chi connectivity index (χ2n) is 4.20. The van der Waals surface area contributed by atoms with Crippen molar-refractivity contribution in [3.8, 4) is 0 Å². The van der Waals surface area contributed by atoms with Gasteiger partial charge in [-0.15, -0.1) is 0 Å². The number of hydrogen-bond acceptors (Lipinski definition) is 3. The van der Waals surface area contributed by atoms with Gasteiger partial charge >= 0.3 is 5.97 Å². The van der Waals surface area contributed by atoms with E-state index in [1.807, 2.05) is 0 Å². The maximum Gasteiger partial charge on any atom is 0.337 e. The number of carbonyl (C=O) groups is 2. The summed E-state index contributed by atoms with van der Waals surface area (Å²) in [6, 6.07) is 3.65. The zero-order chi connectivity index (χ0) is 13.3. The molecule has 1 amide bonds. The summed E-state index contributed by atoms with van der Waals surface area (Å²) in [6.45, 7) is -0.0460. The van der Waals surface area contributed by atoms with E-state index in [-0.39, 0.29) is 42.6 Å². The fourth-order valence-corrected chi connectivity index (χ4v) is 2.08. The molecule has 2 rings (SSSR count). The molecule has 1 unspecified atom stereocenters. The Labute approximate surface area is 102 Å². The van der Waals surface area contributed by atoms with E-state index in [1.165, 1.54) is 12.1 Å². The Morgan fingerprint density at radius 2 is 2.22 bits per heavy atom. The number of hydrogen-bond donors (Lipinski definition) is 2. The van der Waals surface area contributed by atoms with Crippen molar-refractivity contribution in [2.75, 3.05) is 18.1 Å². The lowest BCUT2D eigenvalue weighted by Gasteiger charge is -2.19. The predicted octanol–water partition coefficient (Wildman–Crippen LogP) is 0.869. The van der Waals surface area contributed by atoms with Crippen molar-refractivity contribution in [2.24, 2.45) is 5.92 Å². The molecule has 6 heteroatoms. The Hall–Kier alpha value is -1.95. The number of rotatable bonds is 3. The van der Waals surface area contributed by atoms with Crippen LogP contribution in [0.4, 0.5) is 10.1 Å². The van der Waals surface area contributed by atoms with Crippen LogP contribution in [-0.2, 0) is 4.79 Å². The summed E-state index contributed by atoms with van der Waals surface area (Å²) in [5.41, 5.74) is -0.465. The van der Waals surface area contributed by atoms with Crippen LogP contribution in [-0.4, -0.2) is 35.2 Å². The van der Waals surface area contributed by atoms with Gasteiger partial charge in [0.25, 0.3) is 0 Å². The number of aliphatic hydroxyl groups is 1. The molecule has 0 radical (unpaired) electrons. The molecule has 96 valence electrons. The number of carboxylic acid groups (broad SMARTS) is 1. The van der Waals surface area contributed by atoms with Crippen LogP contribution in [0.15, 0.2) is 18.2 Å². The number of para-hydroxylation sites is 1. The van der Waals surface area contributed by atoms with Crippen LogP contribution in [0.25, 0.3) is 0 Å². The van der Waals surface area contributed by atoms with E-state index in [0.717, 1.165) is 11.0 Å². The lowest BCUT2D eigenvalue weighted by molar-refractivity contribution is -0.117. The van der Waals surface area contributed by atoms with Crippen molar-refractivity contribution < 1.29 is 24.2 Å². The first-order valence-electron chi connectivity index (χ1n) is 5.47. The molecule has 1 aliphatic rings. The molecular weight excluding hydrogens is 241 g/mol. The molecule has 1 aromatic rings. The number of carboxylic acids is 1. The maximum absolute atomic E-state index is 13.7. The van der Waals surface area contributed by atoms with Crippen LogP contribution in [0.2, 0.25) is 0 Å². The van der Waals surface area contributed by atoms with E-state index in [9.17, 15) is 14.0 Å². The highest BCUT2D eigenvalue weighted by Gasteiger charge is 2.33. The molecule has 18 heavy (non-hydrogen) atoms. The van der Waals surface area contributed by atoms with Gasteiger partial charge < -0.3 is 15.1 Å². The smallest absolute Gasteiger partial charge is 0.337 e. The molecule has 2 N–H and O–H groups in total. The standard InChI is InChI=1S/C12H12FNO4/c13-9-3-1-2-8(12(17)18)11(9)14-5-7(6-15)4-10(14)16/h1-3,7,15H,4-6H2,(H,17,18). The molecule has 5 nitrogen and oxygen atoms in total. The average Bonchev–Trinajstić information content (AvgIpc) is 2.70. The monoisotopic (exact) mass is 253 g/mol. The van der Waals surface area contributed by atoms with Crippen LogP contribution in [0.1, 0.15) is 16.8 Å². The third-order valence-corrected chi connectivity index (χ3v) is 2.95. The van der Waals surface area contributed by atoms with Crippen LogP contribution in [0, 0.1) is 11.7 Å². The highest BCUT2D eigenvalue weighted by molar-refractivity contribution is 6.03. The first-order valence-corrected chi connectivity index (χ1v) is 5.47. The first-order chi connectivity index (χ1) is 8.54. The second-order valence-corrected chi connectivity index (χ2v) is 4.20. The highest BCUT2D eigenvalue weighted by Crippen LogP contribution is 2.30. The van der Waals surface area contributed by atoms with Crippen LogP contribution < -0.4 is 4.90 Å². The Bertz CT molecular complexity index is 503. The Balaban J connectivity index is 2.45. The molecule has 1 saturated heterocycles. The number of aromatic carboxylic acids is 1. The van der Waals surface area contributed by atoms with E-state index in [0.29, 0.717) is 0 Å². The third-order valence-electron chi connectivity index (χ3n) is 2.95. The van der Waals surface area contributed by atoms with Gasteiger partial charge in [-0.05, 0) is 12.1 Å². The second kappa shape index (κ2) is 4.73. The molecule has 0 bridgehead atoms. The van der Waals surface area contributed by atoms with Crippen LogP contribution >= 0.6 is 0 Å². The van der Waals surface area contributed by atoms with E-state index >= 15 is 0 Å². The largest absolute Gasteiger partial charge is 0.478 e. The van der Waals surface area contributed by atoms with Gasteiger partial charge in [-0.25, -0.2) is 9.18 Å². The van der Waals surface area contributed by atoms with Crippen LogP contribution in [0.3, 0.4) is 0 Å². The highest BCUT2D eigenvalue weighted by atomic mass is 19.1. The van der Waals surface area contributed by atoms with Crippen molar-refractivity contribution in [3.63, 3.8) is 0 Å². The summed E-state index contributed by atoms with van der Waals surface area (Å²) >= 11 is 0. The normalized spacial score (nSPS) is 19.3. The third kappa shape index (κ3) is 2.06. The lowest BCUT2D eigenvalue weighted by atomic mass is 10.1. The van der Waals surface area contributed by atoms with E-state index in [2.05, 4.69) is 0 Å². The van der Waals surface area contributed by atoms with Crippen molar-refractivity contribution in [1.82, 2.24) is 0 Å². The number of aliphatic hydroxyl groups excluding tert-OH is 1. The zero-order valence-corrected chi connectivity index (χ0v) is 9.47. The Morgan fingerprint density at radius 1 is 1.50 bits per heavy atom. The summed E-state index contributed by atoms with van der Waals surface area (Å²) in [4.78, 5) is 23.9. The first kappa shape index (κ1) is 12.5. The number of halogens is 1. The zero-order valence-electron chi connectivity index (χ0n) is 9.47. The van der Waals surface area contributed by atoms with Gasteiger partial charge in [0.2, 0.25) is 5.91 Å². The van der Waals surface area contributed by atoms with Gasteiger partial charge in [-0.3, -0.25) is 4.79 Å². The predicted molar refractivity (Wildman–Crippen MR) is 60.9 cm³/mol. The topological polar surface area (TPSA) is 77.8 Å². The van der Waals surface area contributed by atoms with Crippen molar-refractivity contribution in [3.05, 3.63) is 29.6 Å². The van der Waals surface area contributed by atoms with Gasteiger partial charge in [-0.2, -0.15) is 0 Å². The minimum absolute atomic E-state index is 0.101. The van der Waals surface area contributed by atoms with Gasteiger partial charge in [0, 0.05) is 25.5 Å². The summed E-state index contributed by atoms with van der Waals surface area (Å²) in [7, 11) is 0. The van der Waals surface area contributed by atoms with E-state index in [1.54, 1.807) is 0 Å². The molecule has 0 saturated carbocycles. The van der Waals surface area contributed by atoms with E-state index in [4.69, 9.17) is 10.2 Å². The van der Waals surface area contributed by atoms with Gasteiger partial charge in [0.15, 0.2) is 0 Å². The molecule has 0 aliphatic carbocycles. The summed E-state index contributed by atoms with van der Waals surface area (Å²) in [5, 5.41) is 18.0. The van der Waals surface area contributed by atoms with Crippen molar-refractivity contribution in [1.29, 1.82) is 0 Å². The molecular formula is C12H12FNO4. The number of amides is 1. The van der Waals surface area contributed by atoms with E-state index < -0.39 is 11.8 Å². The molecule has 1 aromatic carbocycles. The molecule has 1 aliphatic heterocycles. The molecule has 1 fully saturated rings. The summed E-state index contributed by atoms with van der Waals surface area (Å²) < 4.78 is 13.7. The summed E-state index contributed by atoms with van der Waals surface area (Å²) in [6.07, 6.45) is 0.101. The molecule has 1 atom stereocenters. The van der Waals surface area contributed by atoms with Gasteiger partial charge in [0.1, 0.15) is 5.82 Å². The molecule has 0 spiro atoms.